The average Bonchev–Trinajstić information content (AvgIpc) is 2.36. The van der Waals surface area contributed by atoms with E-state index in [1.807, 2.05) is 36.4 Å². The molecular weight excluding hydrogens is 224 g/mol. The zero-order valence-electron chi connectivity index (χ0n) is 9.77. The van der Waals surface area contributed by atoms with E-state index in [1.165, 1.54) is 0 Å². The van der Waals surface area contributed by atoms with E-state index in [1.54, 1.807) is 0 Å². The normalized spacial score (nSPS) is 11.1. The second-order valence-corrected chi connectivity index (χ2v) is 4.37. The van der Waals surface area contributed by atoms with E-state index in [4.69, 9.17) is 22.9 Å². The van der Waals surface area contributed by atoms with Crippen LogP contribution in [0.5, 0.6) is 0 Å². The number of benzene rings is 3. The third-order valence-electron chi connectivity index (χ3n) is 3.31. The SMILES string of the molecule is Nc1c(N)c2cccc(N)c2c2c(N)cccc12. The van der Waals surface area contributed by atoms with Crippen LogP contribution in [0.4, 0.5) is 22.7 Å². The lowest BCUT2D eigenvalue weighted by Crippen LogP contribution is -2.00. The van der Waals surface area contributed by atoms with E-state index in [2.05, 4.69) is 0 Å². The lowest BCUT2D eigenvalue weighted by molar-refractivity contribution is 1.71. The first-order chi connectivity index (χ1) is 8.61. The minimum Gasteiger partial charge on any atom is -0.398 e. The van der Waals surface area contributed by atoms with Crippen molar-refractivity contribution in [2.45, 2.75) is 0 Å². The minimum absolute atomic E-state index is 0.551. The van der Waals surface area contributed by atoms with Crippen LogP contribution in [0, 0.1) is 0 Å². The van der Waals surface area contributed by atoms with Gasteiger partial charge in [0.2, 0.25) is 0 Å². The molecule has 0 unspecified atom stereocenters. The van der Waals surface area contributed by atoms with Crippen LogP contribution < -0.4 is 22.9 Å². The van der Waals surface area contributed by atoms with E-state index < -0.39 is 0 Å². The summed E-state index contributed by atoms with van der Waals surface area (Å²) in [7, 11) is 0. The number of nitrogen functional groups attached to an aromatic ring is 4. The van der Waals surface area contributed by atoms with Crippen LogP contribution in [0.1, 0.15) is 0 Å². The van der Waals surface area contributed by atoms with Gasteiger partial charge in [0, 0.05) is 32.9 Å². The molecule has 0 fully saturated rings. The molecular formula is C14H14N4. The molecule has 0 heterocycles. The number of rotatable bonds is 0. The Morgan fingerprint density at radius 1 is 0.556 bits per heavy atom. The maximum Gasteiger partial charge on any atom is 0.0634 e. The number of hydrogen-bond donors (Lipinski definition) is 4. The minimum atomic E-state index is 0.551. The van der Waals surface area contributed by atoms with Crippen molar-refractivity contribution in [1.82, 2.24) is 0 Å². The number of nitrogens with two attached hydrogens (primary N) is 4. The fourth-order valence-electron chi connectivity index (χ4n) is 2.44. The van der Waals surface area contributed by atoms with Crippen molar-refractivity contribution in [3.8, 4) is 0 Å². The van der Waals surface area contributed by atoms with E-state index in [0.29, 0.717) is 22.7 Å². The zero-order valence-corrected chi connectivity index (χ0v) is 9.77. The van der Waals surface area contributed by atoms with Crippen LogP contribution >= 0.6 is 0 Å². The van der Waals surface area contributed by atoms with Crippen molar-refractivity contribution in [2.24, 2.45) is 0 Å². The number of hydrogen-bond acceptors (Lipinski definition) is 4. The molecule has 0 radical (unpaired) electrons. The van der Waals surface area contributed by atoms with E-state index >= 15 is 0 Å². The summed E-state index contributed by atoms with van der Waals surface area (Å²) < 4.78 is 0. The Balaban J connectivity index is 2.75. The van der Waals surface area contributed by atoms with Crippen molar-refractivity contribution in [1.29, 1.82) is 0 Å². The fraction of sp³-hybridized carbons (Fsp3) is 0. The van der Waals surface area contributed by atoms with Crippen molar-refractivity contribution in [2.75, 3.05) is 22.9 Å². The first-order valence-corrected chi connectivity index (χ1v) is 5.64. The highest BCUT2D eigenvalue weighted by Crippen LogP contribution is 2.41. The lowest BCUT2D eigenvalue weighted by Gasteiger charge is -2.14. The molecule has 3 aromatic rings. The second kappa shape index (κ2) is 3.43. The Morgan fingerprint density at radius 2 is 0.944 bits per heavy atom. The topological polar surface area (TPSA) is 104 Å². The first-order valence-electron chi connectivity index (χ1n) is 5.64. The molecule has 8 N–H and O–H groups in total. The maximum atomic E-state index is 6.08. The van der Waals surface area contributed by atoms with Gasteiger partial charge in [0.25, 0.3) is 0 Å². The maximum absolute atomic E-state index is 6.08. The molecule has 0 saturated heterocycles. The highest BCUT2D eigenvalue weighted by atomic mass is 14.7. The molecule has 0 saturated carbocycles. The van der Waals surface area contributed by atoms with Crippen LogP contribution in [0.15, 0.2) is 36.4 Å². The van der Waals surface area contributed by atoms with E-state index in [0.717, 1.165) is 21.5 Å². The molecule has 0 spiro atoms. The molecule has 0 atom stereocenters. The predicted molar refractivity (Wildman–Crippen MR) is 79.1 cm³/mol. The summed E-state index contributed by atoms with van der Waals surface area (Å²) in [5.41, 5.74) is 26.7. The highest BCUT2D eigenvalue weighted by molar-refractivity contribution is 6.25. The van der Waals surface area contributed by atoms with Gasteiger partial charge in [-0.1, -0.05) is 24.3 Å². The van der Waals surface area contributed by atoms with Gasteiger partial charge in [-0.15, -0.1) is 0 Å². The Labute approximate surface area is 104 Å². The van der Waals surface area contributed by atoms with Gasteiger partial charge in [-0.05, 0) is 12.1 Å². The molecule has 0 bridgehead atoms. The fourth-order valence-corrected chi connectivity index (χ4v) is 2.44. The summed E-state index contributed by atoms with van der Waals surface area (Å²) in [6.07, 6.45) is 0. The van der Waals surface area contributed by atoms with Crippen LogP contribution in [-0.4, -0.2) is 0 Å². The molecule has 0 aromatic heterocycles. The van der Waals surface area contributed by atoms with Gasteiger partial charge in [-0.3, -0.25) is 0 Å². The number of anilines is 4. The Hall–Kier alpha value is -2.62. The molecule has 18 heavy (non-hydrogen) atoms. The smallest absolute Gasteiger partial charge is 0.0634 e. The Bertz CT molecular complexity index is 711. The molecule has 3 rings (SSSR count). The van der Waals surface area contributed by atoms with Gasteiger partial charge < -0.3 is 22.9 Å². The second-order valence-electron chi connectivity index (χ2n) is 4.37. The molecule has 90 valence electrons. The number of fused-ring (bicyclic) bond motifs is 3. The van der Waals surface area contributed by atoms with Crippen LogP contribution in [0.2, 0.25) is 0 Å². The summed E-state index contributed by atoms with van der Waals surface area (Å²) in [4.78, 5) is 0. The zero-order chi connectivity index (χ0) is 12.9. The Morgan fingerprint density at radius 3 is 1.33 bits per heavy atom. The average molecular weight is 238 g/mol. The van der Waals surface area contributed by atoms with Crippen molar-refractivity contribution in [3.05, 3.63) is 36.4 Å². The van der Waals surface area contributed by atoms with Crippen LogP contribution in [-0.2, 0) is 0 Å². The predicted octanol–water partition coefficient (Wildman–Crippen LogP) is 2.32. The van der Waals surface area contributed by atoms with Gasteiger partial charge in [-0.25, -0.2) is 0 Å². The Kier molecular flexibility index (Phi) is 2.01. The largest absolute Gasteiger partial charge is 0.398 e. The van der Waals surface area contributed by atoms with Crippen molar-refractivity contribution in [3.63, 3.8) is 0 Å². The highest BCUT2D eigenvalue weighted by Gasteiger charge is 2.13. The molecule has 0 amide bonds. The molecule has 0 aliphatic carbocycles. The van der Waals surface area contributed by atoms with Crippen LogP contribution in [0.25, 0.3) is 21.5 Å². The molecule has 0 aliphatic rings. The van der Waals surface area contributed by atoms with E-state index in [9.17, 15) is 0 Å². The summed E-state index contributed by atoms with van der Waals surface area (Å²) in [5, 5.41) is 3.44. The summed E-state index contributed by atoms with van der Waals surface area (Å²) in [6, 6.07) is 11.2. The molecule has 4 heteroatoms. The van der Waals surface area contributed by atoms with Crippen molar-refractivity contribution < 1.29 is 0 Å². The monoisotopic (exact) mass is 238 g/mol. The summed E-state index contributed by atoms with van der Waals surface area (Å²) in [6.45, 7) is 0. The van der Waals surface area contributed by atoms with Crippen LogP contribution in [0.3, 0.4) is 0 Å². The summed E-state index contributed by atoms with van der Waals surface area (Å²) >= 11 is 0. The molecule has 3 aromatic carbocycles. The first kappa shape index (κ1) is 10.5. The third-order valence-corrected chi connectivity index (χ3v) is 3.31. The lowest BCUT2D eigenvalue weighted by atomic mass is 9.96. The quantitative estimate of drug-likeness (QED) is 0.274. The van der Waals surface area contributed by atoms with Crippen molar-refractivity contribution >= 4 is 44.3 Å². The third kappa shape index (κ3) is 1.20. The van der Waals surface area contributed by atoms with Gasteiger partial charge in [0.1, 0.15) is 0 Å². The summed E-state index contributed by atoms with van der Waals surface area (Å²) in [5.74, 6) is 0. The standard InChI is InChI=1S/C14H14N4/c15-9-5-1-3-7-11(9)12-8(14(18)13(7)17)4-2-6-10(12)16/h1-6H,15-18H2. The van der Waals surface area contributed by atoms with Gasteiger partial charge in [0.05, 0.1) is 11.4 Å². The van der Waals surface area contributed by atoms with Gasteiger partial charge in [0.15, 0.2) is 0 Å². The van der Waals surface area contributed by atoms with Gasteiger partial charge in [-0.2, -0.15) is 0 Å². The molecule has 4 nitrogen and oxygen atoms in total. The van der Waals surface area contributed by atoms with E-state index in [-0.39, 0.29) is 0 Å². The molecule has 0 aliphatic heterocycles. The van der Waals surface area contributed by atoms with Gasteiger partial charge >= 0.3 is 0 Å².